The van der Waals surface area contributed by atoms with Crippen LogP contribution >= 0.6 is 0 Å². The fourth-order valence-electron chi connectivity index (χ4n) is 2.43. The number of aromatic nitrogens is 2. The van der Waals surface area contributed by atoms with E-state index >= 15 is 0 Å². The molecule has 1 saturated heterocycles. The Kier molecular flexibility index (Phi) is 5.06. The Hall–Kier alpha value is -1.76. The van der Waals surface area contributed by atoms with Crippen LogP contribution in [0.3, 0.4) is 0 Å². The Balaban J connectivity index is 1.91. The summed E-state index contributed by atoms with van der Waals surface area (Å²) >= 11 is 0. The molecule has 1 fully saturated rings. The van der Waals surface area contributed by atoms with Crippen LogP contribution in [0, 0.1) is 5.82 Å². The molecular weight excluding hydrogens is 273 g/mol. The number of rotatable bonds is 4. The fourth-order valence-corrected chi connectivity index (χ4v) is 2.43. The first-order valence-electron chi connectivity index (χ1n) is 7.24. The molecule has 0 saturated carbocycles. The lowest BCUT2D eigenvalue weighted by molar-refractivity contribution is -0.126. The molecule has 0 spiro atoms. The summed E-state index contributed by atoms with van der Waals surface area (Å²) in [5.74, 6) is -0.0350. The minimum atomic E-state index is -0.406. The Bertz CT molecular complexity index is 488. The first-order chi connectivity index (χ1) is 9.99. The van der Waals surface area contributed by atoms with Gasteiger partial charge in [0, 0.05) is 32.2 Å². The van der Waals surface area contributed by atoms with E-state index in [0.29, 0.717) is 32.0 Å². The van der Waals surface area contributed by atoms with E-state index in [1.165, 1.54) is 12.5 Å². The first-order valence-corrected chi connectivity index (χ1v) is 7.24. The van der Waals surface area contributed by atoms with Gasteiger partial charge in [-0.25, -0.2) is 14.4 Å². The average molecular weight is 295 g/mol. The predicted octanol–water partition coefficient (Wildman–Crippen LogP) is 0.651. The molecule has 2 heterocycles. The topological polar surface area (TPSA) is 61.4 Å². The molecule has 2 rings (SSSR count). The van der Waals surface area contributed by atoms with Crippen LogP contribution in [0.4, 0.5) is 10.2 Å². The summed E-state index contributed by atoms with van der Waals surface area (Å²) < 4.78 is 13.7. The van der Waals surface area contributed by atoms with E-state index in [2.05, 4.69) is 20.2 Å². The third-order valence-electron chi connectivity index (χ3n) is 3.62. The van der Waals surface area contributed by atoms with Gasteiger partial charge in [0.2, 0.25) is 5.91 Å². The number of hydrogen-bond acceptors (Lipinski definition) is 5. The maximum atomic E-state index is 13.7. The van der Waals surface area contributed by atoms with Crippen molar-refractivity contribution in [3.8, 4) is 0 Å². The van der Waals surface area contributed by atoms with Gasteiger partial charge in [0.15, 0.2) is 11.6 Å². The molecule has 0 aromatic carbocycles. The molecule has 1 atom stereocenters. The lowest BCUT2D eigenvalue weighted by atomic mass is 10.2. The van der Waals surface area contributed by atoms with Crippen molar-refractivity contribution in [2.75, 3.05) is 31.1 Å². The highest BCUT2D eigenvalue weighted by Gasteiger charge is 2.27. The molecule has 1 aromatic rings. The monoisotopic (exact) mass is 295 g/mol. The minimum Gasteiger partial charge on any atom is -0.353 e. The Morgan fingerprint density at radius 2 is 1.95 bits per heavy atom. The van der Waals surface area contributed by atoms with Gasteiger partial charge in [0.05, 0.1) is 12.2 Å². The van der Waals surface area contributed by atoms with Crippen molar-refractivity contribution in [2.24, 2.45) is 0 Å². The van der Waals surface area contributed by atoms with Crippen LogP contribution in [0.25, 0.3) is 0 Å². The number of hydrogen-bond donors (Lipinski definition) is 1. The molecule has 1 unspecified atom stereocenters. The van der Waals surface area contributed by atoms with Gasteiger partial charge >= 0.3 is 0 Å². The summed E-state index contributed by atoms with van der Waals surface area (Å²) in [6.45, 7) is 8.49. The number of carbonyl (C=O) groups is 1. The van der Waals surface area contributed by atoms with Gasteiger partial charge in [-0.2, -0.15) is 0 Å². The molecule has 1 amide bonds. The normalized spacial score (nSPS) is 17.9. The van der Waals surface area contributed by atoms with Gasteiger partial charge in [-0.3, -0.25) is 9.69 Å². The van der Waals surface area contributed by atoms with E-state index in [4.69, 9.17) is 0 Å². The van der Waals surface area contributed by atoms with Crippen molar-refractivity contribution in [3.63, 3.8) is 0 Å². The van der Waals surface area contributed by atoms with Crippen molar-refractivity contribution in [2.45, 2.75) is 32.9 Å². The molecular formula is C14H22FN5O. The van der Waals surface area contributed by atoms with E-state index in [1.807, 2.05) is 25.7 Å². The molecule has 1 aliphatic heterocycles. The van der Waals surface area contributed by atoms with Gasteiger partial charge in [0.25, 0.3) is 0 Å². The summed E-state index contributed by atoms with van der Waals surface area (Å²) in [5.41, 5.74) is 0. The summed E-state index contributed by atoms with van der Waals surface area (Å²) in [6.07, 6.45) is 2.52. The van der Waals surface area contributed by atoms with Crippen LogP contribution in [0.15, 0.2) is 12.5 Å². The fraction of sp³-hybridized carbons (Fsp3) is 0.643. The van der Waals surface area contributed by atoms with E-state index < -0.39 is 5.82 Å². The number of nitrogens with one attached hydrogen (secondary N) is 1. The zero-order valence-corrected chi connectivity index (χ0v) is 12.7. The second-order valence-corrected chi connectivity index (χ2v) is 5.56. The maximum Gasteiger partial charge on any atom is 0.237 e. The average Bonchev–Trinajstić information content (AvgIpc) is 2.46. The molecule has 1 aliphatic rings. The van der Waals surface area contributed by atoms with Crippen molar-refractivity contribution in [1.29, 1.82) is 0 Å². The third-order valence-corrected chi connectivity index (χ3v) is 3.62. The second-order valence-electron chi connectivity index (χ2n) is 5.56. The predicted molar refractivity (Wildman–Crippen MR) is 78.5 cm³/mol. The highest BCUT2D eigenvalue weighted by molar-refractivity contribution is 5.81. The molecule has 6 nitrogen and oxygen atoms in total. The smallest absolute Gasteiger partial charge is 0.237 e. The minimum absolute atomic E-state index is 0.0340. The number of piperazine rings is 1. The summed E-state index contributed by atoms with van der Waals surface area (Å²) in [4.78, 5) is 23.7. The van der Waals surface area contributed by atoms with Gasteiger partial charge in [0.1, 0.15) is 6.33 Å². The van der Waals surface area contributed by atoms with E-state index in [0.717, 1.165) is 0 Å². The molecule has 116 valence electrons. The van der Waals surface area contributed by atoms with Crippen LogP contribution in [0.5, 0.6) is 0 Å². The molecule has 1 N–H and O–H groups in total. The Labute approximate surface area is 124 Å². The zero-order chi connectivity index (χ0) is 15.4. The summed E-state index contributed by atoms with van der Waals surface area (Å²) in [7, 11) is 0. The number of halogens is 1. The number of anilines is 1. The standard InChI is InChI=1S/C14H22FN5O/c1-10(2)18-14(21)11(3)19-4-6-20(7-5-19)13-12(15)8-16-9-17-13/h8-11H,4-7H2,1-3H3,(H,18,21). The van der Waals surface area contributed by atoms with Crippen LogP contribution in [0.2, 0.25) is 0 Å². The van der Waals surface area contributed by atoms with Crippen molar-refractivity contribution >= 4 is 11.7 Å². The van der Waals surface area contributed by atoms with E-state index in [9.17, 15) is 9.18 Å². The first kappa shape index (κ1) is 15.6. The highest BCUT2D eigenvalue weighted by atomic mass is 19.1. The zero-order valence-electron chi connectivity index (χ0n) is 12.7. The number of amides is 1. The second kappa shape index (κ2) is 6.80. The number of carbonyl (C=O) groups excluding carboxylic acids is 1. The Morgan fingerprint density at radius 1 is 1.29 bits per heavy atom. The molecule has 0 radical (unpaired) electrons. The van der Waals surface area contributed by atoms with E-state index in [1.54, 1.807) is 0 Å². The molecule has 21 heavy (non-hydrogen) atoms. The molecule has 7 heteroatoms. The third kappa shape index (κ3) is 3.87. The number of nitrogens with zero attached hydrogens (tertiary/aromatic N) is 4. The van der Waals surface area contributed by atoms with Gasteiger partial charge in [-0.15, -0.1) is 0 Å². The van der Waals surface area contributed by atoms with Crippen LogP contribution < -0.4 is 10.2 Å². The van der Waals surface area contributed by atoms with Crippen molar-refractivity contribution in [1.82, 2.24) is 20.2 Å². The van der Waals surface area contributed by atoms with Gasteiger partial charge < -0.3 is 10.2 Å². The lowest BCUT2D eigenvalue weighted by Crippen LogP contribution is -2.54. The molecule has 1 aromatic heterocycles. The van der Waals surface area contributed by atoms with E-state index in [-0.39, 0.29) is 18.0 Å². The molecule has 0 aliphatic carbocycles. The van der Waals surface area contributed by atoms with Crippen LogP contribution in [0.1, 0.15) is 20.8 Å². The lowest BCUT2D eigenvalue weighted by Gasteiger charge is -2.38. The van der Waals surface area contributed by atoms with Gasteiger partial charge in [-0.05, 0) is 20.8 Å². The van der Waals surface area contributed by atoms with Crippen molar-refractivity contribution in [3.05, 3.63) is 18.3 Å². The largest absolute Gasteiger partial charge is 0.353 e. The summed E-state index contributed by atoms with van der Waals surface area (Å²) in [5, 5.41) is 2.92. The quantitative estimate of drug-likeness (QED) is 0.884. The SMILES string of the molecule is CC(C)NC(=O)C(C)N1CCN(c2ncncc2F)CC1. The van der Waals surface area contributed by atoms with Crippen molar-refractivity contribution < 1.29 is 9.18 Å². The van der Waals surface area contributed by atoms with Crippen LogP contribution in [-0.2, 0) is 4.79 Å². The van der Waals surface area contributed by atoms with Gasteiger partial charge in [-0.1, -0.05) is 0 Å². The Morgan fingerprint density at radius 3 is 2.52 bits per heavy atom. The maximum absolute atomic E-state index is 13.7. The molecule has 0 bridgehead atoms. The highest BCUT2D eigenvalue weighted by Crippen LogP contribution is 2.17. The summed E-state index contributed by atoms with van der Waals surface area (Å²) in [6, 6.07) is -0.0406. The van der Waals surface area contributed by atoms with Crippen LogP contribution in [-0.4, -0.2) is 59.0 Å².